The maximum absolute atomic E-state index is 13.1. The van der Waals surface area contributed by atoms with E-state index in [4.69, 9.17) is 16.7 Å². The van der Waals surface area contributed by atoms with E-state index in [2.05, 4.69) is 10.3 Å². The molecule has 2 rings (SSSR count). The maximum Gasteiger partial charge on any atom is 0.335 e. The Balaban J connectivity index is 2.33. The summed E-state index contributed by atoms with van der Waals surface area (Å²) < 4.78 is 13.1. The molecule has 0 saturated carbocycles. The highest BCUT2D eigenvalue weighted by Gasteiger charge is 2.09. The largest absolute Gasteiger partial charge is 0.478 e. The predicted octanol–water partition coefficient (Wildman–Crippen LogP) is 4.27. The smallest absolute Gasteiger partial charge is 0.335 e. The van der Waals surface area contributed by atoms with Gasteiger partial charge in [0.1, 0.15) is 11.6 Å². The number of halogens is 2. The van der Waals surface area contributed by atoms with E-state index in [0.29, 0.717) is 23.6 Å². The van der Waals surface area contributed by atoms with Gasteiger partial charge in [-0.25, -0.2) is 14.2 Å². The van der Waals surface area contributed by atoms with Gasteiger partial charge in [-0.3, -0.25) is 0 Å². The minimum Gasteiger partial charge on any atom is -0.478 e. The van der Waals surface area contributed by atoms with Crippen LogP contribution in [0.3, 0.4) is 0 Å². The minimum absolute atomic E-state index is 0.0110. The molecule has 2 aromatic rings. The number of carbonyl (C=O) groups is 1. The fourth-order valence-electron chi connectivity index (χ4n) is 1.88. The van der Waals surface area contributed by atoms with Gasteiger partial charge in [0.25, 0.3) is 0 Å². The molecular formula is C15H14ClFN2O2. The van der Waals surface area contributed by atoms with Gasteiger partial charge in [0.2, 0.25) is 0 Å². The second-order valence-electron chi connectivity index (χ2n) is 4.54. The zero-order valence-corrected chi connectivity index (χ0v) is 12.1. The van der Waals surface area contributed by atoms with Crippen molar-refractivity contribution in [3.05, 3.63) is 52.4 Å². The lowest BCUT2D eigenvalue weighted by Crippen LogP contribution is -2.04. The van der Waals surface area contributed by atoms with E-state index >= 15 is 0 Å². The van der Waals surface area contributed by atoms with E-state index in [9.17, 15) is 9.18 Å². The maximum atomic E-state index is 13.1. The molecule has 0 fully saturated rings. The number of aromatic nitrogens is 1. The Hall–Kier alpha value is -2.14. The van der Waals surface area contributed by atoms with Crippen molar-refractivity contribution in [2.45, 2.75) is 19.8 Å². The summed E-state index contributed by atoms with van der Waals surface area (Å²) in [6, 6.07) is 7.15. The van der Waals surface area contributed by atoms with Gasteiger partial charge in [0.05, 0.1) is 10.6 Å². The zero-order valence-electron chi connectivity index (χ0n) is 11.4. The summed E-state index contributed by atoms with van der Waals surface area (Å²) in [6.45, 7) is 1.99. The third kappa shape index (κ3) is 3.92. The lowest BCUT2D eigenvalue weighted by molar-refractivity contribution is 0.0696. The fraction of sp³-hybridized carbons (Fsp3) is 0.200. The molecule has 1 aromatic carbocycles. The zero-order chi connectivity index (χ0) is 15.4. The normalized spacial score (nSPS) is 10.4. The summed E-state index contributed by atoms with van der Waals surface area (Å²) in [4.78, 5) is 15.5. The number of nitrogens with zero attached hydrogens (tertiary/aromatic N) is 1. The molecule has 0 bridgehead atoms. The van der Waals surface area contributed by atoms with Crippen molar-refractivity contribution < 1.29 is 14.3 Å². The van der Waals surface area contributed by atoms with Crippen LogP contribution >= 0.6 is 11.6 Å². The van der Waals surface area contributed by atoms with Crippen molar-refractivity contribution in [1.82, 2.24) is 4.98 Å². The molecule has 0 amide bonds. The molecule has 0 spiro atoms. The summed E-state index contributed by atoms with van der Waals surface area (Å²) in [6.07, 6.45) is 1.54. The van der Waals surface area contributed by atoms with E-state index in [-0.39, 0.29) is 10.6 Å². The first kappa shape index (κ1) is 15.3. The summed E-state index contributed by atoms with van der Waals surface area (Å²) in [5.74, 6) is -1.14. The number of carboxylic acid groups (broad SMARTS) is 1. The van der Waals surface area contributed by atoms with Gasteiger partial charge in [-0.1, -0.05) is 24.9 Å². The molecule has 0 atom stereocenters. The Kier molecular flexibility index (Phi) is 4.75. The molecule has 0 unspecified atom stereocenters. The SMILES string of the molecule is CCCc1cc(C(=O)O)cc(Nc2ccc(F)c(Cl)c2)n1. The Morgan fingerprint density at radius 1 is 1.38 bits per heavy atom. The van der Waals surface area contributed by atoms with Crippen LogP contribution in [0.4, 0.5) is 15.9 Å². The second-order valence-corrected chi connectivity index (χ2v) is 4.95. The van der Waals surface area contributed by atoms with Crippen LogP contribution < -0.4 is 5.32 Å². The van der Waals surface area contributed by atoms with Gasteiger partial charge in [-0.15, -0.1) is 0 Å². The van der Waals surface area contributed by atoms with Gasteiger partial charge in [-0.05, 0) is 36.8 Å². The molecule has 110 valence electrons. The Morgan fingerprint density at radius 3 is 2.76 bits per heavy atom. The van der Waals surface area contributed by atoms with E-state index < -0.39 is 11.8 Å². The molecule has 0 aliphatic heterocycles. The standard InChI is InChI=1S/C15H14ClFN2O2/c1-2-3-10-6-9(15(20)21)7-14(18-10)19-11-4-5-13(17)12(16)8-11/h4-8H,2-3H2,1H3,(H,18,19)(H,20,21). The number of hydrogen-bond acceptors (Lipinski definition) is 3. The molecule has 2 N–H and O–H groups in total. The van der Waals surface area contributed by atoms with Gasteiger partial charge in [0, 0.05) is 11.4 Å². The first-order chi connectivity index (χ1) is 9.99. The van der Waals surface area contributed by atoms with Crippen molar-refractivity contribution in [3.8, 4) is 0 Å². The Labute approximate surface area is 126 Å². The van der Waals surface area contributed by atoms with E-state index in [0.717, 1.165) is 6.42 Å². The number of benzene rings is 1. The van der Waals surface area contributed by atoms with Crippen molar-refractivity contribution >= 4 is 29.1 Å². The molecular weight excluding hydrogens is 295 g/mol. The van der Waals surface area contributed by atoms with Crippen LogP contribution in [0.15, 0.2) is 30.3 Å². The van der Waals surface area contributed by atoms with Crippen molar-refractivity contribution in [2.75, 3.05) is 5.32 Å². The highest BCUT2D eigenvalue weighted by atomic mass is 35.5. The van der Waals surface area contributed by atoms with E-state index in [1.807, 2.05) is 6.92 Å². The Bertz CT molecular complexity index is 677. The number of rotatable bonds is 5. The quantitative estimate of drug-likeness (QED) is 0.866. The highest BCUT2D eigenvalue weighted by Crippen LogP contribution is 2.23. The second kappa shape index (κ2) is 6.54. The topological polar surface area (TPSA) is 62.2 Å². The summed E-state index contributed by atoms with van der Waals surface area (Å²) in [5, 5.41) is 12.1. The molecule has 4 nitrogen and oxygen atoms in total. The molecule has 0 radical (unpaired) electrons. The first-order valence-electron chi connectivity index (χ1n) is 6.46. The van der Waals surface area contributed by atoms with Crippen LogP contribution in [0.5, 0.6) is 0 Å². The highest BCUT2D eigenvalue weighted by molar-refractivity contribution is 6.31. The van der Waals surface area contributed by atoms with Crippen molar-refractivity contribution in [1.29, 1.82) is 0 Å². The van der Waals surface area contributed by atoms with Gasteiger partial charge in [-0.2, -0.15) is 0 Å². The number of anilines is 2. The molecule has 0 saturated heterocycles. The van der Waals surface area contributed by atoms with Gasteiger partial charge >= 0.3 is 5.97 Å². The minimum atomic E-state index is -1.02. The first-order valence-corrected chi connectivity index (χ1v) is 6.83. The van der Waals surface area contributed by atoms with Crippen molar-refractivity contribution in [3.63, 3.8) is 0 Å². The van der Waals surface area contributed by atoms with E-state index in [1.165, 1.54) is 24.3 Å². The average Bonchev–Trinajstić information content (AvgIpc) is 2.43. The molecule has 6 heteroatoms. The predicted molar refractivity (Wildman–Crippen MR) is 79.9 cm³/mol. The van der Waals surface area contributed by atoms with Crippen molar-refractivity contribution in [2.24, 2.45) is 0 Å². The molecule has 21 heavy (non-hydrogen) atoms. The fourth-order valence-corrected chi connectivity index (χ4v) is 2.06. The number of aromatic carboxylic acids is 1. The summed E-state index contributed by atoms with van der Waals surface area (Å²) in [7, 11) is 0. The number of hydrogen-bond donors (Lipinski definition) is 2. The third-order valence-corrected chi connectivity index (χ3v) is 3.11. The lowest BCUT2D eigenvalue weighted by Gasteiger charge is -2.09. The van der Waals surface area contributed by atoms with Crippen LogP contribution in [0, 0.1) is 5.82 Å². The van der Waals surface area contributed by atoms with E-state index in [1.54, 1.807) is 6.07 Å². The molecule has 1 heterocycles. The summed E-state index contributed by atoms with van der Waals surface area (Å²) in [5.41, 5.74) is 1.39. The van der Waals surface area contributed by atoms with Crippen LogP contribution in [0.2, 0.25) is 5.02 Å². The van der Waals surface area contributed by atoms with Gasteiger partial charge < -0.3 is 10.4 Å². The third-order valence-electron chi connectivity index (χ3n) is 2.82. The number of carboxylic acids is 1. The summed E-state index contributed by atoms with van der Waals surface area (Å²) >= 11 is 5.71. The molecule has 0 aliphatic rings. The molecule has 1 aromatic heterocycles. The lowest BCUT2D eigenvalue weighted by atomic mass is 10.1. The number of pyridine rings is 1. The monoisotopic (exact) mass is 308 g/mol. The van der Waals surface area contributed by atoms with Crippen LogP contribution in [-0.2, 0) is 6.42 Å². The van der Waals surface area contributed by atoms with Crippen LogP contribution in [-0.4, -0.2) is 16.1 Å². The van der Waals surface area contributed by atoms with Crippen LogP contribution in [0.1, 0.15) is 29.4 Å². The Morgan fingerprint density at radius 2 is 2.14 bits per heavy atom. The van der Waals surface area contributed by atoms with Crippen LogP contribution in [0.25, 0.3) is 0 Å². The number of aryl methyl sites for hydroxylation is 1. The average molecular weight is 309 g/mol. The van der Waals surface area contributed by atoms with Gasteiger partial charge in [0.15, 0.2) is 0 Å². The number of nitrogens with one attached hydrogen (secondary N) is 1. The molecule has 0 aliphatic carbocycles.